The van der Waals surface area contributed by atoms with Crippen molar-refractivity contribution in [2.75, 3.05) is 4.90 Å². The van der Waals surface area contributed by atoms with E-state index in [9.17, 15) is 14.4 Å². The number of ether oxygens (including phenoxy) is 1. The maximum absolute atomic E-state index is 13.2. The molecule has 36 heavy (non-hydrogen) atoms. The van der Waals surface area contributed by atoms with Gasteiger partial charge < -0.3 is 14.6 Å². The Kier molecular flexibility index (Phi) is 4.76. The number of aliphatic imine (C=N–C) groups is 1. The number of nitrogens with one attached hydrogen (secondary N) is 2. The van der Waals surface area contributed by atoms with Crippen LogP contribution in [0.4, 0.5) is 5.69 Å². The first kappa shape index (κ1) is 22.0. The number of aromatic amines is 1. The van der Waals surface area contributed by atoms with E-state index >= 15 is 0 Å². The number of carbonyl (C=O) groups excluding carboxylic acids is 3. The Morgan fingerprint density at radius 2 is 1.78 bits per heavy atom. The van der Waals surface area contributed by atoms with Gasteiger partial charge in [0.05, 0.1) is 28.1 Å². The van der Waals surface area contributed by atoms with E-state index in [1.54, 1.807) is 18.6 Å². The molecule has 0 saturated heterocycles. The summed E-state index contributed by atoms with van der Waals surface area (Å²) in [6.07, 6.45) is 5.57. The number of imide groups is 1. The Hall–Kier alpha value is -4.46. The van der Waals surface area contributed by atoms with Gasteiger partial charge in [0.1, 0.15) is 11.6 Å². The highest BCUT2D eigenvalue weighted by atomic mass is 16.6. The van der Waals surface area contributed by atoms with Crippen molar-refractivity contribution in [3.8, 4) is 0 Å². The molecule has 2 amide bonds. The summed E-state index contributed by atoms with van der Waals surface area (Å²) in [4.78, 5) is 49.0. The van der Waals surface area contributed by atoms with Crippen molar-refractivity contribution < 1.29 is 19.1 Å². The summed E-state index contributed by atoms with van der Waals surface area (Å²) in [6, 6.07) is 12.7. The Morgan fingerprint density at radius 3 is 2.58 bits per heavy atom. The lowest BCUT2D eigenvalue weighted by molar-refractivity contribution is -0.156. The van der Waals surface area contributed by atoms with Crippen LogP contribution < -0.4 is 10.2 Å². The third-order valence-electron chi connectivity index (χ3n) is 6.52. The van der Waals surface area contributed by atoms with Gasteiger partial charge in [0.25, 0.3) is 11.8 Å². The Labute approximate surface area is 207 Å². The van der Waals surface area contributed by atoms with E-state index in [1.807, 2.05) is 68.1 Å². The highest BCUT2D eigenvalue weighted by molar-refractivity contribution is 6.48. The molecule has 8 nitrogen and oxygen atoms in total. The number of esters is 1. The molecule has 180 valence electrons. The minimum atomic E-state index is -0.618. The Balaban J connectivity index is 1.51. The average molecular weight is 481 g/mol. The van der Waals surface area contributed by atoms with E-state index in [0.29, 0.717) is 23.3 Å². The number of rotatable bonds is 3. The standard InChI is InChI=1S/C28H24N4O4/c1-28(2,3)36-27(35)19-14-16-7-5-9-18-23(30-12-13-32(19)24(16)18)21-20(25(33)31-26(21)34)17-8-4-6-15-10-11-29-22(15)17/h4-13,19,29H,14H2,1-3H3,(H,31,33,34). The fraction of sp³-hybridized carbons (Fsp3) is 0.214. The van der Waals surface area contributed by atoms with Gasteiger partial charge in [-0.3, -0.25) is 19.9 Å². The van der Waals surface area contributed by atoms with Gasteiger partial charge in [-0.1, -0.05) is 36.4 Å². The zero-order valence-corrected chi connectivity index (χ0v) is 20.1. The maximum atomic E-state index is 13.2. The van der Waals surface area contributed by atoms with Crippen LogP contribution in [-0.4, -0.2) is 40.1 Å². The predicted octanol–water partition coefficient (Wildman–Crippen LogP) is 3.62. The van der Waals surface area contributed by atoms with Crippen molar-refractivity contribution in [3.05, 3.63) is 83.3 Å². The van der Waals surface area contributed by atoms with Crippen molar-refractivity contribution in [1.82, 2.24) is 10.3 Å². The molecule has 0 aliphatic carbocycles. The summed E-state index contributed by atoms with van der Waals surface area (Å²) >= 11 is 0. The van der Waals surface area contributed by atoms with Crippen LogP contribution in [0.15, 0.2) is 71.6 Å². The van der Waals surface area contributed by atoms with Crippen LogP contribution in [0.3, 0.4) is 0 Å². The lowest BCUT2D eigenvalue weighted by Crippen LogP contribution is -2.40. The zero-order valence-electron chi connectivity index (χ0n) is 20.1. The number of H-pyrrole nitrogens is 1. The fourth-order valence-electron chi connectivity index (χ4n) is 5.14. The second kappa shape index (κ2) is 7.78. The number of fused-ring (bicyclic) bond motifs is 1. The van der Waals surface area contributed by atoms with Crippen LogP contribution in [0.2, 0.25) is 0 Å². The van der Waals surface area contributed by atoms with Gasteiger partial charge >= 0.3 is 5.97 Å². The number of aromatic nitrogens is 1. The summed E-state index contributed by atoms with van der Waals surface area (Å²) in [5.74, 6) is -1.30. The van der Waals surface area contributed by atoms with Crippen molar-refractivity contribution in [3.63, 3.8) is 0 Å². The maximum Gasteiger partial charge on any atom is 0.329 e. The molecule has 0 fully saturated rings. The predicted molar refractivity (Wildman–Crippen MR) is 136 cm³/mol. The van der Waals surface area contributed by atoms with E-state index in [0.717, 1.165) is 22.2 Å². The summed E-state index contributed by atoms with van der Waals surface area (Å²) in [5.41, 5.74) is 4.06. The van der Waals surface area contributed by atoms with Gasteiger partial charge in [-0.25, -0.2) is 4.79 Å². The number of hydrogen-bond acceptors (Lipinski definition) is 6. The molecule has 6 rings (SSSR count). The number of para-hydroxylation sites is 2. The number of nitrogens with zero attached hydrogens (tertiary/aromatic N) is 2. The van der Waals surface area contributed by atoms with Crippen LogP contribution in [0.25, 0.3) is 16.5 Å². The van der Waals surface area contributed by atoms with E-state index in [-0.39, 0.29) is 17.1 Å². The van der Waals surface area contributed by atoms with Gasteiger partial charge in [0, 0.05) is 36.1 Å². The SMILES string of the molecule is CC(C)(C)OC(=O)C1Cc2cccc3c2N1C=CN=C3C1=C(c2cccc3cc[nH]c23)C(=O)NC1=O. The second-order valence-corrected chi connectivity index (χ2v) is 10.0. The third kappa shape index (κ3) is 3.37. The number of amides is 2. The topological polar surface area (TPSA) is 104 Å². The average Bonchev–Trinajstić information content (AvgIpc) is 3.47. The largest absolute Gasteiger partial charge is 0.458 e. The second-order valence-electron chi connectivity index (χ2n) is 10.0. The number of anilines is 1. The van der Waals surface area contributed by atoms with Crippen LogP contribution >= 0.6 is 0 Å². The molecule has 1 aromatic heterocycles. The molecule has 8 heteroatoms. The summed E-state index contributed by atoms with van der Waals surface area (Å²) < 4.78 is 5.68. The normalized spacial score (nSPS) is 18.9. The van der Waals surface area contributed by atoms with E-state index in [1.165, 1.54) is 0 Å². The highest BCUT2D eigenvalue weighted by Gasteiger charge is 2.42. The fourth-order valence-corrected chi connectivity index (χ4v) is 5.14. The molecular weight excluding hydrogens is 456 g/mol. The van der Waals surface area contributed by atoms with Crippen molar-refractivity contribution >= 4 is 45.7 Å². The third-order valence-corrected chi connectivity index (χ3v) is 6.52. The van der Waals surface area contributed by atoms with Crippen LogP contribution in [0, 0.1) is 0 Å². The van der Waals surface area contributed by atoms with Crippen LogP contribution in [-0.2, 0) is 25.5 Å². The van der Waals surface area contributed by atoms with Gasteiger partial charge in [-0.2, -0.15) is 0 Å². The first-order valence-corrected chi connectivity index (χ1v) is 11.8. The van der Waals surface area contributed by atoms with Crippen LogP contribution in [0.1, 0.15) is 37.5 Å². The number of hydrogen-bond donors (Lipinski definition) is 2. The quantitative estimate of drug-likeness (QED) is 0.440. The molecule has 0 bridgehead atoms. The molecule has 3 aliphatic rings. The molecule has 1 unspecified atom stereocenters. The summed E-state index contributed by atoms with van der Waals surface area (Å²) in [7, 11) is 0. The molecule has 4 heterocycles. The van der Waals surface area contributed by atoms with Gasteiger partial charge in [0.2, 0.25) is 0 Å². The molecule has 0 spiro atoms. The molecule has 2 aromatic carbocycles. The zero-order chi connectivity index (χ0) is 25.2. The number of benzene rings is 2. The van der Waals surface area contributed by atoms with Crippen LogP contribution in [0.5, 0.6) is 0 Å². The molecule has 3 aliphatic heterocycles. The first-order chi connectivity index (χ1) is 17.2. The molecule has 1 atom stereocenters. The van der Waals surface area contributed by atoms with Gasteiger partial charge in [-0.15, -0.1) is 0 Å². The smallest absolute Gasteiger partial charge is 0.329 e. The number of carbonyl (C=O) groups is 3. The minimum absolute atomic E-state index is 0.211. The van der Waals surface area contributed by atoms with Gasteiger partial charge in [-0.05, 0) is 37.8 Å². The summed E-state index contributed by atoms with van der Waals surface area (Å²) in [6.45, 7) is 5.52. The van der Waals surface area contributed by atoms with E-state index in [4.69, 9.17) is 4.74 Å². The Morgan fingerprint density at radius 1 is 1.03 bits per heavy atom. The van der Waals surface area contributed by atoms with Crippen molar-refractivity contribution in [2.24, 2.45) is 4.99 Å². The molecule has 2 N–H and O–H groups in total. The van der Waals surface area contributed by atoms with Gasteiger partial charge in [0.15, 0.2) is 0 Å². The lowest BCUT2D eigenvalue weighted by Gasteiger charge is -2.27. The monoisotopic (exact) mass is 480 g/mol. The van der Waals surface area contributed by atoms with E-state index in [2.05, 4.69) is 15.3 Å². The first-order valence-electron chi connectivity index (χ1n) is 11.8. The molecular formula is C28H24N4O4. The molecule has 3 aromatic rings. The van der Waals surface area contributed by atoms with Crippen molar-refractivity contribution in [1.29, 1.82) is 0 Å². The molecule has 0 radical (unpaired) electrons. The molecule has 0 saturated carbocycles. The lowest BCUT2D eigenvalue weighted by atomic mass is 9.92. The minimum Gasteiger partial charge on any atom is -0.458 e. The van der Waals surface area contributed by atoms with E-state index < -0.39 is 23.5 Å². The Bertz CT molecular complexity index is 1570. The summed E-state index contributed by atoms with van der Waals surface area (Å²) in [5, 5.41) is 3.39. The highest BCUT2D eigenvalue weighted by Crippen LogP contribution is 2.41. The van der Waals surface area contributed by atoms with Crippen molar-refractivity contribution in [2.45, 2.75) is 38.8 Å².